The van der Waals surface area contributed by atoms with Crippen LogP contribution in [0.1, 0.15) is 19.8 Å². The van der Waals surface area contributed by atoms with Gasteiger partial charge in [0.1, 0.15) is 17.6 Å². The van der Waals surface area contributed by atoms with Gasteiger partial charge in [-0.3, -0.25) is 9.88 Å². The summed E-state index contributed by atoms with van der Waals surface area (Å²) in [5.41, 5.74) is 1.61. The number of rotatable bonds is 7. The van der Waals surface area contributed by atoms with Crippen LogP contribution in [-0.4, -0.2) is 24.2 Å². The second-order valence-electron chi connectivity index (χ2n) is 6.42. The van der Waals surface area contributed by atoms with E-state index >= 15 is 0 Å². The number of hydrogen-bond acceptors (Lipinski definition) is 4. The van der Waals surface area contributed by atoms with E-state index in [1.807, 2.05) is 61.5 Å². The highest BCUT2D eigenvalue weighted by Crippen LogP contribution is 2.29. The molecule has 0 aliphatic rings. The highest BCUT2D eigenvalue weighted by atomic mass is 16.6. The van der Waals surface area contributed by atoms with Crippen molar-refractivity contribution in [2.75, 3.05) is 11.9 Å². The minimum Gasteiger partial charge on any atom is -0.457 e. The quantitative estimate of drug-likeness (QED) is 0.478. The van der Waals surface area contributed by atoms with Crippen molar-refractivity contribution in [1.29, 1.82) is 0 Å². The maximum atomic E-state index is 12.3. The van der Waals surface area contributed by atoms with Crippen molar-refractivity contribution in [2.24, 2.45) is 0 Å². The molecule has 0 saturated carbocycles. The topological polar surface area (TPSA) is 51.7 Å². The van der Waals surface area contributed by atoms with Crippen LogP contribution in [0.5, 0.6) is 11.5 Å². The summed E-state index contributed by atoms with van der Waals surface area (Å²) < 4.78 is 11.5. The largest absolute Gasteiger partial charge is 0.457 e. The predicted molar refractivity (Wildman–Crippen MR) is 112 cm³/mol. The summed E-state index contributed by atoms with van der Waals surface area (Å²) in [6.45, 7) is 5.68. The third-order valence-electron chi connectivity index (χ3n) is 4.49. The van der Waals surface area contributed by atoms with E-state index in [-0.39, 0.29) is 12.2 Å². The van der Waals surface area contributed by atoms with Gasteiger partial charge in [-0.1, -0.05) is 25.1 Å². The fourth-order valence-electron chi connectivity index (χ4n) is 2.83. The van der Waals surface area contributed by atoms with Crippen LogP contribution in [0.15, 0.2) is 73.4 Å². The molecular weight excluding hydrogens is 352 g/mol. The summed E-state index contributed by atoms with van der Waals surface area (Å²) in [6.07, 6.45) is 4.33. The molecule has 0 aliphatic carbocycles. The molecule has 1 aromatic heterocycles. The third kappa shape index (κ3) is 4.49. The number of hydrogen-bond donors (Lipinski definition) is 0. The second kappa shape index (κ2) is 9.04. The number of pyridine rings is 1. The maximum Gasteiger partial charge on any atom is 0.414 e. The van der Waals surface area contributed by atoms with Crippen LogP contribution in [0.4, 0.5) is 10.5 Å². The molecule has 0 fully saturated rings. The van der Waals surface area contributed by atoms with Crippen LogP contribution in [0.2, 0.25) is 0 Å². The average Bonchev–Trinajstić information content (AvgIpc) is 2.73. The van der Waals surface area contributed by atoms with Crippen LogP contribution >= 0.6 is 0 Å². The van der Waals surface area contributed by atoms with E-state index in [4.69, 9.17) is 9.47 Å². The molecule has 0 bridgehead atoms. The molecule has 2 aromatic carbocycles. The third-order valence-corrected chi connectivity index (χ3v) is 4.49. The average molecular weight is 376 g/mol. The Morgan fingerprint density at radius 2 is 1.93 bits per heavy atom. The van der Waals surface area contributed by atoms with Crippen LogP contribution in [0.25, 0.3) is 10.9 Å². The molecular formula is C23H24N2O3. The molecule has 0 saturated heterocycles. The molecule has 0 N–H and O–H groups in total. The van der Waals surface area contributed by atoms with E-state index in [0.717, 1.165) is 28.8 Å². The van der Waals surface area contributed by atoms with Crippen molar-refractivity contribution in [3.8, 4) is 11.5 Å². The number of carbonyl (C=O) groups excluding carboxylic acids is 1. The number of carbonyl (C=O) groups is 1. The first kappa shape index (κ1) is 19.4. The highest BCUT2D eigenvalue weighted by Gasteiger charge is 2.17. The zero-order valence-electron chi connectivity index (χ0n) is 16.2. The van der Waals surface area contributed by atoms with E-state index < -0.39 is 0 Å². The van der Waals surface area contributed by atoms with Gasteiger partial charge in [-0.05, 0) is 48.9 Å². The molecule has 5 heteroatoms. The lowest BCUT2D eigenvalue weighted by Crippen LogP contribution is -2.30. The second-order valence-corrected chi connectivity index (χ2v) is 6.42. The van der Waals surface area contributed by atoms with Gasteiger partial charge in [0.2, 0.25) is 0 Å². The molecule has 3 rings (SSSR count). The molecule has 0 spiro atoms. The molecule has 1 atom stereocenters. The maximum absolute atomic E-state index is 12.3. The first-order valence-corrected chi connectivity index (χ1v) is 9.29. The smallest absolute Gasteiger partial charge is 0.414 e. The molecule has 144 valence electrons. The summed E-state index contributed by atoms with van der Waals surface area (Å²) in [7, 11) is 1.69. The zero-order chi connectivity index (χ0) is 19.9. The summed E-state index contributed by atoms with van der Waals surface area (Å²) >= 11 is 0. The molecule has 0 aliphatic heterocycles. The lowest BCUT2D eigenvalue weighted by atomic mass is 10.2. The number of nitrogens with zero attached hydrogens (tertiary/aromatic N) is 2. The van der Waals surface area contributed by atoms with Crippen molar-refractivity contribution in [1.82, 2.24) is 4.98 Å². The Kier molecular flexibility index (Phi) is 6.27. The van der Waals surface area contributed by atoms with Gasteiger partial charge in [-0.25, -0.2) is 4.79 Å². The van der Waals surface area contributed by atoms with Gasteiger partial charge in [0.15, 0.2) is 0 Å². The fraction of sp³-hybridized carbons (Fsp3) is 0.217. The normalized spacial score (nSPS) is 11.6. The van der Waals surface area contributed by atoms with Crippen molar-refractivity contribution in [3.05, 3.63) is 73.4 Å². The number of anilines is 1. The Hall–Kier alpha value is -3.34. The zero-order valence-corrected chi connectivity index (χ0v) is 16.2. The lowest BCUT2D eigenvalue weighted by molar-refractivity contribution is 0.104. The number of aromatic nitrogens is 1. The number of amides is 1. The first-order valence-electron chi connectivity index (χ1n) is 9.29. The van der Waals surface area contributed by atoms with Gasteiger partial charge < -0.3 is 9.47 Å². The molecule has 5 nitrogen and oxygen atoms in total. The van der Waals surface area contributed by atoms with Crippen LogP contribution in [0.3, 0.4) is 0 Å². The van der Waals surface area contributed by atoms with Gasteiger partial charge in [0.25, 0.3) is 0 Å². The fourth-order valence-corrected chi connectivity index (χ4v) is 2.83. The first-order chi connectivity index (χ1) is 13.6. The Labute approximate surface area is 165 Å². The number of para-hydroxylation sites is 1. The van der Waals surface area contributed by atoms with E-state index in [9.17, 15) is 4.79 Å². The Morgan fingerprint density at radius 3 is 2.64 bits per heavy atom. The Morgan fingerprint density at radius 1 is 1.18 bits per heavy atom. The summed E-state index contributed by atoms with van der Waals surface area (Å²) in [5, 5.41) is 0.947. The van der Waals surface area contributed by atoms with Crippen LogP contribution < -0.4 is 9.64 Å². The van der Waals surface area contributed by atoms with Gasteiger partial charge >= 0.3 is 6.09 Å². The molecule has 1 amide bonds. The lowest BCUT2D eigenvalue weighted by Gasteiger charge is -2.21. The molecule has 1 heterocycles. The van der Waals surface area contributed by atoms with Crippen LogP contribution in [0, 0.1) is 0 Å². The predicted octanol–water partition coefficient (Wildman–Crippen LogP) is 5.95. The van der Waals surface area contributed by atoms with Gasteiger partial charge in [-0.15, -0.1) is 6.58 Å². The van der Waals surface area contributed by atoms with Crippen molar-refractivity contribution in [2.45, 2.75) is 25.9 Å². The summed E-state index contributed by atoms with van der Waals surface area (Å²) in [6, 6.07) is 17.0. The summed E-state index contributed by atoms with van der Waals surface area (Å²) in [4.78, 5) is 18.2. The minimum atomic E-state index is -0.387. The number of fused-ring (bicyclic) bond motifs is 1. The minimum absolute atomic E-state index is 0.157. The Bertz CT molecular complexity index is 948. The van der Waals surface area contributed by atoms with Gasteiger partial charge in [-0.2, -0.15) is 0 Å². The van der Waals surface area contributed by atoms with E-state index in [2.05, 4.69) is 11.6 Å². The van der Waals surface area contributed by atoms with Crippen molar-refractivity contribution < 1.29 is 14.3 Å². The monoisotopic (exact) mass is 376 g/mol. The molecule has 3 aromatic rings. The molecule has 1 unspecified atom stereocenters. The molecule has 0 radical (unpaired) electrons. The van der Waals surface area contributed by atoms with Crippen LogP contribution in [-0.2, 0) is 4.74 Å². The standard InChI is InChI=1S/C23H24N2O3/c1-4-8-18(5-2)28-23(26)25(3)17-11-13-19(14-12-17)27-22-15-16-24-21-10-7-6-9-20(21)22/h4,6-7,9-16,18H,1,5,8H2,2-3H3. The van der Waals surface area contributed by atoms with Crippen molar-refractivity contribution in [3.63, 3.8) is 0 Å². The number of ether oxygens (including phenoxy) is 2. The van der Waals surface area contributed by atoms with E-state index in [1.165, 1.54) is 4.90 Å². The van der Waals surface area contributed by atoms with Gasteiger partial charge in [0, 0.05) is 30.7 Å². The summed E-state index contributed by atoms with van der Waals surface area (Å²) in [5.74, 6) is 1.42. The van der Waals surface area contributed by atoms with E-state index in [0.29, 0.717) is 12.2 Å². The van der Waals surface area contributed by atoms with Gasteiger partial charge in [0.05, 0.1) is 5.52 Å². The molecule has 28 heavy (non-hydrogen) atoms. The highest BCUT2D eigenvalue weighted by molar-refractivity contribution is 5.87. The van der Waals surface area contributed by atoms with E-state index in [1.54, 1.807) is 19.3 Å². The Balaban J connectivity index is 1.70. The SMILES string of the molecule is C=CCC(CC)OC(=O)N(C)c1ccc(Oc2ccnc3ccccc23)cc1. The van der Waals surface area contributed by atoms with Crippen molar-refractivity contribution >= 4 is 22.7 Å². The number of benzene rings is 2.